The van der Waals surface area contributed by atoms with Crippen LogP contribution in [0.5, 0.6) is 0 Å². The highest BCUT2D eigenvalue weighted by Crippen LogP contribution is 2.21. The van der Waals surface area contributed by atoms with E-state index >= 15 is 0 Å². The third-order valence-electron chi connectivity index (χ3n) is 2.52. The first-order valence-corrected chi connectivity index (χ1v) is 4.22. The molecule has 1 aliphatic carbocycles. The van der Waals surface area contributed by atoms with Crippen LogP contribution in [0.4, 0.5) is 0 Å². The van der Waals surface area contributed by atoms with Crippen LogP contribution in [0.15, 0.2) is 0 Å². The molecular formula is C8H13NO2. The lowest BCUT2D eigenvalue weighted by molar-refractivity contribution is -0.133. The number of ether oxygens (including phenoxy) is 1. The van der Waals surface area contributed by atoms with Crippen LogP contribution in [0.1, 0.15) is 12.8 Å². The van der Waals surface area contributed by atoms with E-state index < -0.39 is 0 Å². The fourth-order valence-electron chi connectivity index (χ4n) is 1.67. The number of nitrogens with zero attached hydrogens (tertiary/aromatic N) is 1. The molecule has 0 unspecified atom stereocenters. The molecule has 1 saturated carbocycles. The van der Waals surface area contributed by atoms with Gasteiger partial charge in [-0.25, -0.2) is 0 Å². The number of ketones is 1. The van der Waals surface area contributed by atoms with Gasteiger partial charge in [-0.3, -0.25) is 9.69 Å². The van der Waals surface area contributed by atoms with Gasteiger partial charge in [-0.1, -0.05) is 0 Å². The molecule has 0 radical (unpaired) electrons. The van der Waals surface area contributed by atoms with Gasteiger partial charge in [0.25, 0.3) is 0 Å². The summed E-state index contributed by atoms with van der Waals surface area (Å²) in [4.78, 5) is 13.3. The molecule has 0 aromatic heterocycles. The number of morpholine rings is 1. The van der Waals surface area contributed by atoms with E-state index in [2.05, 4.69) is 4.90 Å². The van der Waals surface area contributed by atoms with Crippen molar-refractivity contribution < 1.29 is 9.53 Å². The smallest absolute Gasteiger partial charge is 0.150 e. The second kappa shape index (κ2) is 2.91. The number of rotatable bonds is 1. The van der Waals surface area contributed by atoms with Crippen LogP contribution >= 0.6 is 0 Å². The summed E-state index contributed by atoms with van der Waals surface area (Å²) >= 11 is 0. The monoisotopic (exact) mass is 155 g/mol. The number of hydrogen-bond acceptors (Lipinski definition) is 3. The van der Waals surface area contributed by atoms with Crippen molar-refractivity contribution in [3.8, 4) is 0 Å². The number of carbonyl (C=O) groups excluding carboxylic acids is 1. The maximum absolute atomic E-state index is 11.0. The van der Waals surface area contributed by atoms with Gasteiger partial charge in [0.15, 0.2) is 0 Å². The molecule has 62 valence electrons. The maximum atomic E-state index is 11.0. The van der Waals surface area contributed by atoms with Gasteiger partial charge in [0.05, 0.1) is 19.3 Å². The molecule has 1 aliphatic heterocycles. The molecule has 0 aromatic rings. The Hall–Kier alpha value is -0.410. The van der Waals surface area contributed by atoms with Crippen molar-refractivity contribution in [3.63, 3.8) is 0 Å². The fourth-order valence-corrected chi connectivity index (χ4v) is 1.67. The van der Waals surface area contributed by atoms with E-state index in [-0.39, 0.29) is 6.04 Å². The minimum absolute atomic E-state index is 0.249. The number of Topliss-reactive ketones (excluding diaryl/α,β-unsaturated/α-hetero) is 1. The lowest BCUT2D eigenvalue weighted by Crippen LogP contribution is -2.51. The predicted octanol–water partition coefficient (Wildman–Crippen LogP) is 0.0501. The molecule has 1 heterocycles. The van der Waals surface area contributed by atoms with E-state index in [9.17, 15) is 4.79 Å². The molecule has 2 fully saturated rings. The van der Waals surface area contributed by atoms with Crippen LogP contribution in [0.25, 0.3) is 0 Å². The minimum atomic E-state index is 0.249. The molecule has 3 nitrogen and oxygen atoms in total. The Kier molecular flexibility index (Phi) is 1.92. The lowest BCUT2D eigenvalue weighted by atomic mass is 9.89. The Labute approximate surface area is 66.3 Å². The summed E-state index contributed by atoms with van der Waals surface area (Å²) in [6, 6.07) is 0.249. The van der Waals surface area contributed by atoms with Gasteiger partial charge in [0.1, 0.15) is 5.78 Å². The van der Waals surface area contributed by atoms with E-state index in [0.717, 1.165) is 39.1 Å². The summed E-state index contributed by atoms with van der Waals surface area (Å²) < 4.78 is 5.20. The highest BCUT2D eigenvalue weighted by Gasteiger charge is 2.33. The van der Waals surface area contributed by atoms with Crippen molar-refractivity contribution in [2.24, 2.45) is 0 Å². The van der Waals surface area contributed by atoms with Gasteiger partial charge in [-0.05, 0) is 6.42 Å². The summed E-state index contributed by atoms with van der Waals surface area (Å²) in [7, 11) is 0. The molecule has 0 N–H and O–H groups in total. The zero-order valence-corrected chi connectivity index (χ0v) is 6.58. The Morgan fingerprint density at radius 1 is 1.36 bits per heavy atom. The van der Waals surface area contributed by atoms with Crippen LogP contribution in [-0.4, -0.2) is 43.0 Å². The van der Waals surface area contributed by atoms with Crippen LogP contribution in [-0.2, 0) is 9.53 Å². The average molecular weight is 155 g/mol. The summed E-state index contributed by atoms with van der Waals surface area (Å²) in [5.74, 6) is 0.423. The topological polar surface area (TPSA) is 29.5 Å². The molecule has 2 aliphatic rings. The van der Waals surface area contributed by atoms with Crippen molar-refractivity contribution in [2.75, 3.05) is 26.3 Å². The molecule has 3 heteroatoms. The quantitative estimate of drug-likeness (QED) is 0.536. The molecule has 2 rings (SSSR count). The molecule has 1 atom stereocenters. The molecule has 0 bridgehead atoms. The van der Waals surface area contributed by atoms with E-state index in [4.69, 9.17) is 4.74 Å². The normalized spacial score (nSPS) is 33.5. The summed E-state index contributed by atoms with van der Waals surface area (Å²) in [6.07, 6.45) is 1.86. The van der Waals surface area contributed by atoms with Gasteiger partial charge < -0.3 is 4.74 Å². The zero-order chi connectivity index (χ0) is 7.68. The SMILES string of the molecule is O=C1CC[C@@H]1N1CCOCC1. The van der Waals surface area contributed by atoms with Crippen LogP contribution < -0.4 is 0 Å². The van der Waals surface area contributed by atoms with Crippen molar-refractivity contribution in [1.82, 2.24) is 4.90 Å². The predicted molar refractivity (Wildman–Crippen MR) is 40.4 cm³/mol. The second-order valence-electron chi connectivity index (χ2n) is 3.17. The summed E-state index contributed by atoms with van der Waals surface area (Å²) in [5.41, 5.74) is 0. The first-order chi connectivity index (χ1) is 5.38. The largest absolute Gasteiger partial charge is 0.379 e. The van der Waals surface area contributed by atoms with Crippen molar-refractivity contribution in [2.45, 2.75) is 18.9 Å². The van der Waals surface area contributed by atoms with Gasteiger partial charge in [-0.2, -0.15) is 0 Å². The molecule has 0 spiro atoms. The third kappa shape index (κ3) is 1.30. The number of carbonyl (C=O) groups is 1. The number of hydrogen-bond donors (Lipinski definition) is 0. The average Bonchev–Trinajstić information content (AvgIpc) is 2.04. The first kappa shape index (κ1) is 7.25. The van der Waals surface area contributed by atoms with Crippen LogP contribution in [0, 0.1) is 0 Å². The van der Waals surface area contributed by atoms with Gasteiger partial charge >= 0.3 is 0 Å². The Balaban J connectivity index is 1.88. The van der Waals surface area contributed by atoms with Gasteiger partial charge in [-0.15, -0.1) is 0 Å². The Morgan fingerprint density at radius 2 is 2.09 bits per heavy atom. The fraction of sp³-hybridized carbons (Fsp3) is 0.875. The molecule has 0 amide bonds. The second-order valence-corrected chi connectivity index (χ2v) is 3.17. The maximum Gasteiger partial charge on any atom is 0.150 e. The standard InChI is InChI=1S/C8H13NO2/c10-8-2-1-7(8)9-3-5-11-6-4-9/h7H,1-6H2/t7-/m0/s1. The summed E-state index contributed by atoms with van der Waals surface area (Å²) in [5, 5.41) is 0. The van der Waals surface area contributed by atoms with Crippen LogP contribution in [0.2, 0.25) is 0 Å². The Bertz CT molecular complexity index is 163. The molecule has 0 aromatic carbocycles. The molecule has 1 saturated heterocycles. The Morgan fingerprint density at radius 3 is 2.55 bits per heavy atom. The van der Waals surface area contributed by atoms with Gasteiger partial charge in [0.2, 0.25) is 0 Å². The first-order valence-electron chi connectivity index (χ1n) is 4.22. The van der Waals surface area contributed by atoms with E-state index in [0.29, 0.717) is 5.78 Å². The van der Waals surface area contributed by atoms with Crippen molar-refractivity contribution in [3.05, 3.63) is 0 Å². The van der Waals surface area contributed by atoms with Gasteiger partial charge in [0, 0.05) is 19.5 Å². The highest BCUT2D eigenvalue weighted by atomic mass is 16.5. The molecule has 11 heavy (non-hydrogen) atoms. The van der Waals surface area contributed by atoms with Crippen molar-refractivity contribution >= 4 is 5.78 Å². The lowest BCUT2D eigenvalue weighted by Gasteiger charge is -2.38. The van der Waals surface area contributed by atoms with E-state index in [1.54, 1.807) is 0 Å². The van der Waals surface area contributed by atoms with Crippen LogP contribution in [0.3, 0.4) is 0 Å². The third-order valence-corrected chi connectivity index (χ3v) is 2.52. The van der Waals surface area contributed by atoms with E-state index in [1.807, 2.05) is 0 Å². The van der Waals surface area contributed by atoms with Crippen molar-refractivity contribution in [1.29, 1.82) is 0 Å². The minimum Gasteiger partial charge on any atom is -0.379 e. The highest BCUT2D eigenvalue weighted by molar-refractivity contribution is 5.89. The molecular weight excluding hydrogens is 142 g/mol. The van der Waals surface area contributed by atoms with E-state index in [1.165, 1.54) is 0 Å². The zero-order valence-electron chi connectivity index (χ0n) is 6.58. The summed E-state index contributed by atoms with van der Waals surface area (Å²) in [6.45, 7) is 3.47.